The number of nitrogens with one attached hydrogen (secondary N) is 1. The van der Waals surface area contributed by atoms with Gasteiger partial charge in [-0.05, 0) is 38.0 Å². The van der Waals surface area contributed by atoms with Gasteiger partial charge in [-0.1, -0.05) is 13.0 Å². The maximum Gasteiger partial charge on any atom is 0.246 e. The van der Waals surface area contributed by atoms with Crippen molar-refractivity contribution in [3.05, 3.63) is 53.8 Å². The summed E-state index contributed by atoms with van der Waals surface area (Å²) in [5.74, 6) is 1.65. The predicted octanol–water partition coefficient (Wildman–Crippen LogP) is 2.55. The molecular weight excluding hydrogens is 264 g/mol. The number of imidazole rings is 1. The molecule has 0 unspecified atom stereocenters. The van der Waals surface area contributed by atoms with Gasteiger partial charge < -0.3 is 5.32 Å². The van der Waals surface area contributed by atoms with E-state index in [0.717, 1.165) is 29.2 Å². The van der Waals surface area contributed by atoms with Crippen LogP contribution in [0.3, 0.4) is 0 Å². The van der Waals surface area contributed by atoms with Gasteiger partial charge in [0.2, 0.25) is 5.91 Å². The molecule has 0 atom stereocenters. The number of carbonyl (C=O) groups excluding carboxylic acids is 1. The number of hydrogen-bond donors (Lipinski definition) is 1. The maximum atomic E-state index is 11.9. The van der Waals surface area contributed by atoms with Crippen LogP contribution in [0.5, 0.6) is 0 Å². The highest BCUT2D eigenvalue weighted by Crippen LogP contribution is 2.09. The number of aromatic nitrogens is 3. The van der Waals surface area contributed by atoms with Gasteiger partial charge in [-0.15, -0.1) is 0 Å². The fourth-order valence-corrected chi connectivity index (χ4v) is 2.04. The average molecular weight is 284 g/mol. The first-order chi connectivity index (χ1) is 10.1. The number of pyridine rings is 1. The van der Waals surface area contributed by atoms with Gasteiger partial charge in [-0.2, -0.15) is 0 Å². The van der Waals surface area contributed by atoms with Crippen molar-refractivity contribution in [2.45, 2.75) is 33.7 Å². The van der Waals surface area contributed by atoms with Crippen molar-refractivity contribution < 1.29 is 4.79 Å². The zero-order chi connectivity index (χ0) is 15.2. The van der Waals surface area contributed by atoms with Crippen molar-refractivity contribution in [2.24, 2.45) is 0 Å². The van der Waals surface area contributed by atoms with Crippen molar-refractivity contribution in [1.82, 2.24) is 19.9 Å². The molecule has 21 heavy (non-hydrogen) atoms. The molecule has 5 nitrogen and oxygen atoms in total. The smallest absolute Gasteiger partial charge is 0.246 e. The van der Waals surface area contributed by atoms with E-state index < -0.39 is 0 Å². The van der Waals surface area contributed by atoms with Crippen LogP contribution in [0.25, 0.3) is 5.82 Å². The van der Waals surface area contributed by atoms with Crippen LogP contribution in [0.4, 0.5) is 0 Å². The van der Waals surface area contributed by atoms with Crippen LogP contribution in [-0.2, 0) is 11.3 Å². The topological polar surface area (TPSA) is 59.8 Å². The lowest BCUT2D eigenvalue weighted by Gasteiger charge is -2.08. The van der Waals surface area contributed by atoms with E-state index in [1.54, 1.807) is 12.4 Å². The second-order valence-corrected chi connectivity index (χ2v) is 4.84. The standard InChI is InChI=1S/C16H20N4O/c1-4-5-12(2)16(21)19-11-14-6-7-18-15(10-14)20-9-8-17-13(20)3/h5-10H,4,11H2,1-3H3,(H,19,21)/b12-5+. The Morgan fingerprint density at radius 2 is 2.19 bits per heavy atom. The lowest BCUT2D eigenvalue weighted by Crippen LogP contribution is -2.23. The fourth-order valence-electron chi connectivity index (χ4n) is 2.04. The second kappa shape index (κ2) is 6.83. The molecule has 0 bridgehead atoms. The van der Waals surface area contributed by atoms with E-state index in [1.807, 2.05) is 49.7 Å². The van der Waals surface area contributed by atoms with E-state index in [4.69, 9.17) is 0 Å². The van der Waals surface area contributed by atoms with E-state index >= 15 is 0 Å². The van der Waals surface area contributed by atoms with Gasteiger partial charge >= 0.3 is 0 Å². The van der Waals surface area contributed by atoms with E-state index in [9.17, 15) is 4.79 Å². The number of nitrogens with zero attached hydrogens (tertiary/aromatic N) is 3. The second-order valence-electron chi connectivity index (χ2n) is 4.84. The Morgan fingerprint density at radius 3 is 2.86 bits per heavy atom. The van der Waals surface area contributed by atoms with Crippen molar-refractivity contribution in [2.75, 3.05) is 0 Å². The highest BCUT2D eigenvalue weighted by atomic mass is 16.1. The minimum absolute atomic E-state index is 0.0333. The molecular formula is C16H20N4O. The number of hydrogen-bond acceptors (Lipinski definition) is 3. The number of aryl methyl sites for hydroxylation is 1. The lowest BCUT2D eigenvalue weighted by atomic mass is 10.2. The largest absolute Gasteiger partial charge is 0.348 e. The predicted molar refractivity (Wildman–Crippen MR) is 82.0 cm³/mol. The molecule has 0 aliphatic heterocycles. The molecule has 0 fully saturated rings. The molecule has 0 aliphatic rings. The quantitative estimate of drug-likeness (QED) is 0.858. The summed E-state index contributed by atoms with van der Waals surface area (Å²) in [5.41, 5.74) is 1.75. The van der Waals surface area contributed by atoms with Crippen LogP contribution in [0.15, 0.2) is 42.4 Å². The van der Waals surface area contributed by atoms with E-state index in [1.165, 1.54) is 0 Å². The Balaban J connectivity index is 2.07. The molecule has 0 radical (unpaired) electrons. The third-order valence-corrected chi connectivity index (χ3v) is 3.20. The highest BCUT2D eigenvalue weighted by molar-refractivity contribution is 5.92. The molecule has 2 rings (SSSR count). The third kappa shape index (κ3) is 3.78. The molecule has 2 heterocycles. The molecule has 1 N–H and O–H groups in total. The molecule has 0 aromatic carbocycles. The fraction of sp³-hybridized carbons (Fsp3) is 0.312. The summed E-state index contributed by atoms with van der Waals surface area (Å²) in [4.78, 5) is 20.4. The first kappa shape index (κ1) is 15.0. The average Bonchev–Trinajstić information content (AvgIpc) is 2.91. The molecule has 110 valence electrons. The van der Waals surface area contributed by atoms with Crippen LogP contribution in [-0.4, -0.2) is 20.4 Å². The van der Waals surface area contributed by atoms with Gasteiger partial charge in [-0.25, -0.2) is 9.97 Å². The molecule has 0 saturated carbocycles. The Morgan fingerprint density at radius 1 is 1.38 bits per heavy atom. The maximum absolute atomic E-state index is 11.9. The SMILES string of the molecule is CC/C=C(\C)C(=O)NCc1ccnc(-n2ccnc2C)c1. The van der Waals surface area contributed by atoms with Crippen molar-refractivity contribution in [1.29, 1.82) is 0 Å². The summed E-state index contributed by atoms with van der Waals surface area (Å²) in [6.45, 7) is 6.25. The molecule has 1 amide bonds. The molecule has 2 aromatic heterocycles. The Bertz CT molecular complexity index is 658. The van der Waals surface area contributed by atoms with Gasteiger partial charge in [0.1, 0.15) is 11.6 Å². The molecule has 0 saturated heterocycles. The van der Waals surface area contributed by atoms with E-state index in [0.29, 0.717) is 6.54 Å². The first-order valence-electron chi connectivity index (χ1n) is 7.02. The van der Waals surface area contributed by atoms with Crippen molar-refractivity contribution in [3.8, 4) is 5.82 Å². The van der Waals surface area contributed by atoms with Crippen LogP contribution < -0.4 is 5.32 Å². The van der Waals surface area contributed by atoms with Crippen LogP contribution >= 0.6 is 0 Å². The lowest BCUT2D eigenvalue weighted by molar-refractivity contribution is -0.117. The van der Waals surface area contributed by atoms with Crippen LogP contribution in [0.2, 0.25) is 0 Å². The Labute approximate surface area is 124 Å². The number of amides is 1. The summed E-state index contributed by atoms with van der Waals surface area (Å²) in [6.07, 6.45) is 8.13. The summed E-state index contributed by atoms with van der Waals surface area (Å²) in [7, 11) is 0. The third-order valence-electron chi connectivity index (χ3n) is 3.20. The molecule has 5 heteroatoms. The number of allylic oxidation sites excluding steroid dienone is 1. The number of rotatable bonds is 5. The Hall–Kier alpha value is -2.43. The van der Waals surface area contributed by atoms with Gasteiger partial charge in [0, 0.05) is 30.7 Å². The highest BCUT2D eigenvalue weighted by Gasteiger charge is 2.05. The molecule has 2 aromatic rings. The first-order valence-corrected chi connectivity index (χ1v) is 7.02. The summed E-state index contributed by atoms with van der Waals surface area (Å²) in [5, 5.41) is 2.91. The molecule has 0 aliphatic carbocycles. The van der Waals surface area contributed by atoms with Gasteiger partial charge in [0.05, 0.1) is 0 Å². The minimum atomic E-state index is -0.0333. The zero-order valence-corrected chi connectivity index (χ0v) is 12.6. The zero-order valence-electron chi connectivity index (χ0n) is 12.6. The van der Waals surface area contributed by atoms with Gasteiger partial charge in [0.15, 0.2) is 0 Å². The van der Waals surface area contributed by atoms with Gasteiger partial charge in [0.25, 0.3) is 0 Å². The minimum Gasteiger partial charge on any atom is -0.348 e. The van der Waals surface area contributed by atoms with Gasteiger partial charge in [-0.3, -0.25) is 9.36 Å². The summed E-state index contributed by atoms with van der Waals surface area (Å²) in [6, 6.07) is 3.85. The van der Waals surface area contributed by atoms with Crippen LogP contribution in [0.1, 0.15) is 31.7 Å². The van der Waals surface area contributed by atoms with Crippen molar-refractivity contribution in [3.63, 3.8) is 0 Å². The summed E-state index contributed by atoms with van der Waals surface area (Å²) < 4.78 is 1.91. The van der Waals surface area contributed by atoms with E-state index in [-0.39, 0.29) is 5.91 Å². The normalized spacial score (nSPS) is 11.5. The van der Waals surface area contributed by atoms with Crippen molar-refractivity contribution >= 4 is 5.91 Å². The monoisotopic (exact) mass is 284 g/mol. The van der Waals surface area contributed by atoms with E-state index in [2.05, 4.69) is 15.3 Å². The van der Waals surface area contributed by atoms with Crippen LogP contribution in [0, 0.1) is 6.92 Å². The number of carbonyl (C=O) groups is 1. The Kier molecular flexibility index (Phi) is 4.87. The molecule has 0 spiro atoms. The summed E-state index contributed by atoms with van der Waals surface area (Å²) >= 11 is 0.